The SMILES string of the molecule is CO[C@H]1C[C@@H](O)CO1.CO[C@H]1C[C@@H](OC(=O)Oc2ccc([N+](=O)[O-])cc2)CO1.COc1ccc(S(=O)(=O)N(CC(C)C)C[C@@H](O)[C@@H](CC(=O)O[C@H]2CO[C@@H](OC)C2)Cc2ccccc2)cc1.O=C1C[C@@H](O)CO1. The third kappa shape index (κ3) is 21.2. The highest BCUT2D eigenvalue weighted by atomic mass is 32.2. The van der Waals surface area contributed by atoms with E-state index in [4.69, 9.17) is 57.6 Å². The van der Waals surface area contributed by atoms with Gasteiger partial charge in [-0.2, -0.15) is 4.31 Å². The minimum absolute atomic E-state index is 0.0175. The number of nitrogens with zero attached hydrogens (tertiary/aromatic N) is 2. The van der Waals surface area contributed by atoms with Crippen LogP contribution in [0.5, 0.6) is 11.5 Å². The summed E-state index contributed by atoms with van der Waals surface area (Å²) in [6.45, 7) is 4.97. The van der Waals surface area contributed by atoms with E-state index in [2.05, 4.69) is 4.74 Å². The molecule has 0 aromatic heterocycles. The lowest BCUT2D eigenvalue weighted by molar-refractivity contribution is -0.384. The van der Waals surface area contributed by atoms with Gasteiger partial charge in [0, 0.05) is 71.7 Å². The summed E-state index contributed by atoms with van der Waals surface area (Å²) >= 11 is 0. The van der Waals surface area contributed by atoms with Crippen LogP contribution in [0.3, 0.4) is 0 Å². The summed E-state index contributed by atoms with van der Waals surface area (Å²) in [6, 6.07) is 20.8. The minimum atomic E-state index is -3.91. The quantitative estimate of drug-likeness (QED) is 0.0499. The summed E-state index contributed by atoms with van der Waals surface area (Å²) in [4.78, 5) is 44.5. The second-order valence-corrected chi connectivity index (χ2v) is 19.4. The van der Waals surface area contributed by atoms with Crippen LogP contribution in [0.4, 0.5) is 10.5 Å². The van der Waals surface area contributed by atoms with Gasteiger partial charge in [0.25, 0.3) is 5.69 Å². The van der Waals surface area contributed by atoms with Crippen molar-refractivity contribution in [3.05, 3.63) is 94.5 Å². The van der Waals surface area contributed by atoms with Crippen LogP contribution in [-0.4, -0.2) is 168 Å². The number of methoxy groups -OCH3 is 4. The molecule has 0 aliphatic carbocycles. The van der Waals surface area contributed by atoms with Gasteiger partial charge in [0.2, 0.25) is 10.0 Å². The highest BCUT2D eigenvalue weighted by Gasteiger charge is 2.34. The molecule has 4 heterocycles. The largest absolute Gasteiger partial charge is 0.514 e. The molecule has 4 saturated heterocycles. The molecule has 4 fully saturated rings. The van der Waals surface area contributed by atoms with Crippen molar-refractivity contribution in [2.45, 2.75) is 107 Å². The Kier molecular flexibility index (Phi) is 25.3. The number of cyclic esters (lactones) is 1. The van der Waals surface area contributed by atoms with Gasteiger partial charge in [-0.3, -0.25) is 19.7 Å². The van der Waals surface area contributed by atoms with Gasteiger partial charge in [0.15, 0.2) is 18.9 Å². The molecule has 0 amide bonds. The van der Waals surface area contributed by atoms with E-state index in [1.54, 1.807) is 19.2 Å². The number of hydrogen-bond acceptors (Lipinski definition) is 21. The predicted molar refractivity (Wildman–Crippen MR) is 256 cm³/mol. The molecule has 0 saturated carbocycles. The average Bonchev–Trinajstić information content (AvgIpc) is 4.21. The van der Waals surface area contributed by atoms with Crippen molar-refractivity contribution in [2.75, 3.05) is 68.0 Å². The summed E-state index contributed by atoms with van der Waals surface area (Å²) in [6.07, 6.45) is -2.71. The number of aliphatic hydroxyl groups excluding tert-OH is 3. The second kappa shape index (κ2) is 30.7. The fraction of sp³-hybridized carbons (Fsp3) is 0.571. The number of rotatable bonds is 19. The van der Waals surface area contributed by atoms with Crippen molar-refractivity contribution in [3.63, 3.8) is 0 Å². The van der Waals surface area contributed by atoms with Crippen LogP contribution in [0.25, 0.3) is 0 Å². The zero-order valence-electron chi connectivity index (χ0n) is 41.8. The van der Waals surface area contributed by atoms with Gasteiger partial charge < -0.3 is 67.4 Å². The van der Waals surface area contributed by atoms with Gasteiger partial charge in [0.05, 0.1) is 67.9 Å². The highest BCUT2D eigenvalue weighted by molar-refractivity contribution is 7.89. The highest BCUT2D eigenvalue weighted by Crippen LogP contribution is 2.26. The number of nitro groups is 1. The Labute approximate surface area is 424 Å². The molecule has 3 aromatic carbocycles. The molecule has 4 aliphatic heterocycles. The standard InChI is InChI=1S/C28H39NO8S.C12H13NO7.C5H10O3.C4H6O3/c1-20(2)17-29(38(32,33)25-12-10-23(34-3)11-13-25)18-26(30)22(14-21-8-6-5-7-9-21)15-27(31)37-24-16-28(35-4)36-19-24;1-17-11-6-10(7-18-11)20-12(14)19-9-4-2-8(3-5-9)13(15)16;1-7-5-2-4(6)3-8-5;5-3-1-4(6)7-2-3/h5-13,20,22,24,26,28,30H,14-19H2,1-4H3;2-5,10-11H,6-7H2,1H3;4-6H,2-3H2,1H3;3,5H,1-2H2/t22-,24-,26-,28-;10-,11-;4-,5-;3-/m1111/s1. The summed E-state index contributed by atoms with van der Waals surface area (Å²) in [7, 11) is 2.21. The first-order valence-electron chi connectivity index (χ1n) is 23.5. The molecule has 0 bridgehead atoms. The molecule has 23 nitrogen and oxygen atoms in total. The molecule has 0 radical (unpaired) electrons. The number of carbonyl (C=O) groups excluding carboxylic acids is 3. The monoisotopic (exact) mass is 1050 g/mol. The van der Waals surface area contributed by atoms with Gasteiger partial charge in [-0.15, -0.1) is 0 Å². The predicted octanol–water partition coefficient (Wildman–Crippen LogP) is 4.16. The van der Waals surface area contributed by atoms with Crippen molar-refractivity contribution >= 4 is 33.8 Å². The molecule has 73 heavy (non-hydrogen) atoms. The number of hydrogen-bond donors (Lipinski definition) is 3. The van der Waals surface area contributed by atoms with Gasteiger partial charge >= 0.3 is 18.1 Å². The van der Waals surface area contributed by atoms with Crippen molar-refractivity contribution < 1.29 is 95.1 Å². The molecule has 406 valence electrons. The Balaban J connectivity index is 0.000000269. The number of nitro benzene ring substituents is 1. The number of ether oxygens (including phenoxy) is 11. The van der Waals surface area contributed by atoms with E-state index in [1.807, 2.05) is 44.2 Å². The number of esters is 2. The first-order chi connectivity index (χ1) is 34.8. The lowest BCUT2D eigenvalue weighted by Crippen LogP contribution is -2.43. The lowest BCUT2D eigenvalue weighted by atomic mass is 9.90. The maximum atomic E-state index is 13.6. The van der Waals surface area contributed by atoms with E-state index < -0.39 is 63.7 Å². The topological polar surface area (TPSA) is 294 Å². The smallest absolute Gasteiger partial charge is 0.497 e. The van der Waals surface area contributed by atoms with E-state index in [-0.39, 0.29) is 92.7 Å². The number of non-ortho nitro benzene ring substituents is 1. The molecule has 3 N–H and O–H groups in total. The van der Waals surface area contributed by atoms with Gasteiger partial charge in [-0.25, -0.2) is 13.2 Å². The molecule has 7 rings (SSSR count). The van der Waals surface area contributed by atoms with E-state index >= 15 is 0 Å². The number of sulfonamides is 1. The van der Waals surface area contributed by atoms with Crippen LogP contribution in [0.1, 0.15) is 51.5 Å². The second-order valence-electron chi connectivity index (χ2n) is 17.5. The van der Waals surface area contributed by atoms with Crippen molar-refractivity contribution in [1.82, 2.24) is 4.31 Å². The molecule has 24 heteroatoms. The van der Waals surface area contributed by atoms with E-state index in [9.17, 15) is 38.0 Å². The Morgan fingerprint density at radius 1 is 0.753 bits per heavy atom. The molecular weight excluding hydrogens is 985 g/mol. The third-order valence-corrected chi connectivity index (χ3v) is 13.0. The first-order valence-corrected chi connectivity index (χ1v) is 24.9. The van der Waals surface area contributed by atoms with Crippen LogP contribution < -0.4 is 9.47 Å². The molecule has 4 aliphatic rings. The maximum Gasteiger partial charge on any atom is 0.514 e. The van der Waals surface area contributed by atoms with E-state index in [1.165, 1.54) is 62.0 Å². The first kappa shape index (κ1) is 60.2. The van der Waals surface area contributed by atoms with Crippen LogP contribution in [0, 0.1) is 22.0 Å². The summed E-state index contributed by atoms with van der Waals surface area (Å²) in [5.74, 6) is -0.598. The zero-order chi connectivity index (χ0) is 53.5. The van der Waals surface area contributed by atoms with Crippen LogP contribution in [0.2, 0.25) is 0 Å². The Morgan fingerprint density at radius 3 is 1.77 bits per heavy atom. The third-order valence-electron chi connectivity index (χ3n) is 11.2. The maximum absolute atomic E-state index is 13.6. The van der Waals surface area contributed by atoms with Gasteiger partial charge in [-0.1, -0.05) is 44.2 Å². The number of carbonyl (C=O) groups is 3. The minimum Gasteiger partial charge on any atom is -0.497 e. The summed E-state index contributed by atoms with van der Waals surface area (Å²) in [5.41, 5.74) is 0.847. The van der Waals surface area contributed by atoms with Gasteiger partial charge in [0.1, 0.15) is 30.3 Å². The number of benzene rings is 3. The van der Waals surface area contributed by atoms with Crippen LogP contribution in [0.15, 0.2) is 83.8 Å². The van der Waals surface area contributed by atoms with Crippen molar-refractivity contribution in [3.8, 4) is 11.5 Å². The molecule has 3 aromatic rings. The Bertz CT molecular complexity index is 2240. The molecule has 0 unspecified atom stereocenters. The zero-order valence-corrected chi connectivity index (χ0v) is 42.6. The fourth-order valence-electron chi connectivity index (χ4n) is 7.40. The Morgan fingerprint density at radius 2 is 1.32 bits per heavy atom. The van der Waals surface area contributed by atoms with Crippen molar-refractivity contribution in [1.29, 1.82) is 0 Å². The van der Waals surface area contributed by atoms with E-state index in [0.29, 0.717) is 38.0 Å². The fourth-order valence-corrected chi connectivity index (χ4v) is 9.02. The average molecular weight is 1050 g/mol. The lowest BCUT2D eigenvalue weighted by Gasteiger charge is -2.30. The van der Waals surface area contributed by atoms with Crippen molar-refractivity contribution in [2.24, 2.45) is 11.8 Å². The van der Waals surface area contributed by atoms with Crippen LogP contribution >= 0.6 is 0 Å². The van der Waals surface area contributed by atoms with Gasteiger partial charge in [-0.05, 0) is 54.3 Å². The summed E-state index contributed by atoms with van der Waals surface area (Å²) in [5, 5.41) is 39.2. The molecular formula is C49H68N2O21S. The van der Waals surface area contributed by atoms with E-state index in [0.717, 1.165) is 5.56 Å². The van der Waals surface area contributed by atoms with Crippen LogP contribution in [-0.2, 0) is 68.7 Å². The number of aliphatic hydroxyl groups is 3. The Hall–Kier alpha value is -5.38. The normalized spacial score (nSPS) is 23.1. The summed E-state index contributed by atoms with van der Waals surface area (Å²) < 4.78 is 83.9. The molecule has 0 spiro atoms. The molecule has 9 atom stereocenters.